The fourth-order valence-corrected chi connectivity index (χ4v) is 3.28. The molecular formula is C20H18N2O2. The first-order valence-corrected chi connectivity index (χ1v) is 8.14. The summed E-state index contributed by atoms with van der Waals surface area (Å²) in [5.74, 6) is 0.739. The lowest BCUT2D eigenvalue weighted by molar-refractivity contribution is -0.132. The minimum absolute atomic E-state index is 0.124. The van der Waals surface area contributed by atoms with E-state index in [0.29, 0.717) is 13.1 Å². The molecule has 4 rings (SSSR count). The summed E-state index contributed by atoms with van der Waals surface area (Å²) in [6.07, 6.45) is 2.44. The molecule has 0 aliphatic carbocycles. The molecule has 1 aliphatic heterocycles. The minimum Gasteiger partial charge on any atom is -0.361 e. The van der Waals surface area contributed by atoms with Gasteiger partial charge in [-0.25, -0.2) is 0 Å². The molecule has 120 valence electrons. The van der Waals surface area contributed by atoms with Gasteiger partial charge in [-0.05, 0) is 11.1 Å². The van der Waals surface area contributed by atoms with Crippen molar-refractivity contribution >= 4 is 5.91 Å². The molecule has 4 nitrogen and oxygen atoms in total. The topological polar surface area (TPSA) is 46.3 Å². The van der Waals surface area contributed by atoms with E-state index >= 15 is 0 Å². The predicted molar refractivity (Wildman–Crippen MR) is 90.4 cm³/mol. The molecule has 3 aromatic rings. The second kappa shape index (κ2) is 6.32. The SMILES string of the molecule is O=C(C(c1ccccc1)c1ccccc1)N1CCc2oncc2C1. The highest BCUT2D eigenvalue weighted by atomic mass is 16.5. The highest BCUT2D eigenvalue weighted by Crippen LogP contribution is 2.29. The van der Waals surface area contributed by atoms with Crippen molar-refractivity contribution in [3.63, 3.8) is 0 Å². The zero-order valence-corrected chi connectivity index (χ0v) is 13.3. The van der Waals surface area contributed by atoms with E-state index in [2.05, 4.69) is 5.16 Å². The molecule has 0 saturated heterocycles. The van der Waals surface area contributed by atoms with Crippen molar-refractivity contribution in [3.05, 3.63) is 89.3 Å². The van der Waals surface area contributed by atoms with Crippen LogP contribution in [-0.2, 0) is 17.8 Å². The average Bonchev–Trinajstić information content (AvgIpc) is 3.11. The maximum atomic E-state index is 13.3. The minimum atomic E-state index is -0.284. The van der Waals surface area contributed by atoms with Gasteiger partial charge in [-0.1, -0.05) is 65.8 Å². The number of hydrogen-bond donors (Lipinski definition) is 0. The Bertz CT molecular complexity index is 788. The normalized spacial score (nSPS) is 13.8. The first-order chi connectivity index (χ1) is 11.8. The maximum Gasteiger partial charge on any atom is 0.234 e. The summed E-state index contributed by atoms with van der Waals surface area (Å²) >= 11 is 0. The molecule has 1 aromatic heterocycles. The first-order valence-electron chi connectivity index (χ1n) is 8.14. The lowest BCUT2D eigenvalue weighted by Gasteiger charge is -2.30. The molecular weight excluding hydrogens is 300 g/mol. The largest absolute Gasteiger partial charge is 0.361 e. The van der Waals surface area contributed by atoms with Crippen molar-refractivity contribution in [1.82, 2.24) is 10.1 Å². The fourth-order valence-electron chi connectivity index (χ4n) is 3.28. The van der Waals surface area contributed by atoms with Crippen molar-refractivity contribution in [3.8, 4) is 0 Å². The number of carbonyl (C=O) groups excluding carboxylic acids is 1. The van der Waals surface area contributed by atoms with Crippen LogP contribution in [0.2, 0.25) is 0 Å². The monoisotopic (exact) mass is 318 g/mol. The zero-order valence-electron chi connectivity index (χ0n) is 13.3. The summed E-state index contributed by atoms with van der Waals surface area (Å²) < 4.78 is 5.23. The summed E-state index contributed by atoms with van der Waals surface area (Å²) in [6.45, 7) is 1.23. The smallest absolute Gasteiger partial charge is 0.234 e. The molecule has 0 atom stereocenters. The van der Waals surface area contributed by atoms with Gasteiger partial charge in [-0.15, -0.1) is 0 Å². The van der Waals surface area contributed by atoms with Crippen LogP contribution in [0, 0.1) is 0 Å². The van der Waals surface area contributed by atoms with Crippen molar-refractivity contribution in [2.24, 2.45) is 0 Å². The van der Waals surface area contributed by atoms with Crippen molar-refractivity contribution < 1.29 is 9.32 Å². The van der Waals surface area contributed by atoms with E-state index in [9.17, 15) is 4.79 Å². The highest BCUT2D eigenvalue weighted by Gasteiger charge is 2.30. The lowest BCUT2D eigenvalue weighted by Crippen LogP contribution is -2.39. The van der Waals surface area contributed by atoms with E-state index in [0.717, 1.165) is 28.9 Å². The lowest BCUT2D eigenvalue weighted by atomic mass is 9.89. The number of benzene rings is 2. The standard InChI is InChI=1S/C20H18N2O2/c23-20(22-12-11-18-17(14-22)13-21-24-18)19(15-7-3-1-4-8-15)16-9-5-2-6-10-16/h1-10,13,19H,11-12,14H2. The Morgan fingerprint density at radius 1 is 1.00 bits per heavy atom. The summed E-state index contributed by atoms with van der Waals surface area (Å²) in [5, 5.41) is 3.85. The summed E-state index contributed by atoms with van der Waals surface area (Å²) in [5.41, 5.74) is 3.05. The fraction of sp³-hybridized carbons (Fsp3) is 0.200. The second-order valence-corrected chi connectivity index (χ2v) is 6.04. The Balaban J connectivity index is 1.68. The van der Waals surface area contributed by atoms with Crippen LogP contribution >= 0.6 is 0 Å². The summed E-state index contributed by atoms with van der Waals surface area (Å²) in [7, 11) is 0. The number of rotatable bonds is 3. The Morgan fingerprint density at radius 2 is 1.62 bits per heavy atom. The van der Waals surface area contributed by atoms with E-state index < -0.39 is 0 Å². The van der Waals surface area contributed by atoms with Crippen LogP contribution in [0.25, 0.3) is 0 Å². The number of carbonyl (C=O) groups is 1. The van der Waals surface area contributed by atoms with Crippen LogP contribution in [-0.4, -0.2) is 22.5 Å². The Labute approximate surface area is 140 Å². The van der Waals surface area contributed by atoms with Gasteiger partial charge in [-0.2, -0.15) is 0 Å². The Hall–Kier alpha value is -2.88. The number of amides is 1. The van der Waals surface area contributed by atoms with Gasteiger partial charge >= 0.3 is 0 Å². The van der Waals surface area contributed by atoms with Gasteiger partial charge in [0.25, 0.3) is 0 Å². The molecule has 2 heterocycles. The Kier molecular flexibility index (Phi) is 3.87. The van der Waals surface area contributed by atoms with E-state index in [-0.39, 0.29) is 11.8 Å². The molecule has 0 bridgehead atoms. The quantitative estimate of drug-likeness (QED) is 0.743. The van der Waals surface area contributed by atoms with Crippen molar-refractivity contribution in [1.29, 1.82) is 0 Å². The number of fused-ring (bicyclic) bond motifs is 1. The molecule has 0 unspecified atom stereocenters. The van der Waals surface area contributed by atoms with Gasteiger partial charge in [0.05, 0.1) is 18.7 Å². The highest BCUT2D eigenvalue weighted by molar-refractivity contribution is 5.87. The number of aromatic nitrogens is 1. The van der Waals surface area contributed by atoms with Gasteiger partial charge in [0.2, 0.25) is 5.91 Å². The summed E-state index contributed by atoms with van der Waals surface area (Å²) in [4.78, 5) is 15.2. The third-order valence-corrected chi connectivity index (χ3v) is 4.52. The van der Waals surface area contributed by atoms with E-state index in [1.165, 1.54) is 0 Å². The van der Waals surface area contributed by atoms with Crippen LogP contribution in [0.1, 0.15) is 28.4 Å². The number of hydrogen-bond acceptors (Lipinski definition) is 3. The second-order valence-electron chi connectivity index (χ2n) is 6.04. The predicted octanol–water partition coefficient (Wildman–Crippen LogP) is 3.39. The molecule has 24 heavy (non-hydrogen) atoms. The van der Waals surface area contributed by atoms with Gasteiger partial charge in [-0.3, -0.25) is 4.79 Å². The molecule has 1 aliphatic rings. The van der Waals surface area contributed by atoms with Crippen LogP contribution in [0.15, 0.2) is 71.4 Å². The molecule has 0 saturated carbocycles. The van der Waals surface area contributed by atoms with E-state index in [1.807, 2.05) is 65.6 Å². The van der Waals surface area contributed by atoms with Crippen LogP contribution in [0.4, 0.5) is 0 Å². The molecule has 0 N–H and O–H groups in total. The zero-order chi connectivity index (χ0) is 16.4. The van der Waals surface area contributed by atoms with Crippen LogP contribution < -0.4 is 0 Å². The van der Waals surface area contributed by atoms with E-state index in [1.54, 1.807) is 6.20 Å². The molecule has 2 aromatic carbocycles. The van der Waals surface area contributed by atoms with Crippen LogP contribution in [0.3, 0.4) is 0 Å². The van der Waals surface area contributed by atoms with Crippen molar-refractivity contribution in [2.75, 3.05) is 6.54 Å². The van der Waals surface area contributed by atoms with Gasteiger partial charge in [0.15, 0.2) is 0 Å². The van der Waals surface area contributed by atoms with Gasteiger partial charge in [0, 0.05) is 18.5 Å². The maximum absolute atomic E-state index is 13.3. The molecule has 0 spiro atoms. The third kappa shape index (κ3) is 2.71. The van der Waals surface area contributed by atoms with Gasteiger partial charge in [0.1, 0.15) is 5.76 Å². The molecule has 0 fully saturated rings. The molecule has 4 heteroatoms. The number of nitrogens with zero attached hydrogens (tertiary/aromatic N) is 2. The van der Waals surface area contributed by atoms with Crippen molar-refractivity contribution in [2.45, 2.75) is 18.9 Å². The average molecular weight is 318 g/mol. The molecule has 0 radical (unpaired) electrons. The third-order valence-electron chi connectivity index (χ3n) is 4.52. The van der Waals surface area contributed by atoms with Gasteiger partial charge < -0.3 is 9.42 Å². The summed E-state index contributed by atoms with van der Waals surface area (Å²) in [6, 6.07) is 19.9. The van der Waals surface area contributed by atoms with Crippen LogP contribution in [0.5, 0.6) is 0 Å². The Morgan fingerprint density at radius 3 is 2.25 bits per heavy atom. The first kappa shape index (κ1) is 14.7. The van der Waals surface area contributed by atoms with E-state index in [4.69, 9.17) is 4.52 Å². The molecule has 1 amide bonds.